The third-order valence-corrected chi connectivity index (χ3v) is 6.48. The fourth-order valence-electron chi connectivity index (χ4n) is 4.63. The van der Waals surface area contributed by atoms with E-state index in [0.29, 0.717) is 5.82 Å². The number of benzene rings is 1. The van der Waals surface area contributed by atoms with E-state index in [0.717, 1.165) is 51.0 Å². The molecule has 0 N–H and O–H groups in total. The summed E-state index contributed by atoms with van der Waals surface area (Å²) in [5, 5.41) is 0. The van der Waals surface area contributed by atoms with Crippen LogP contribution >= 0.6 is 0 Å². The summed E-state index contributed by atoms with van der Waals surface area (Å²) in [4.78, 5) is 25.2. The summed E-state index contributed by atoms with van der Waals surface area (Å²) in [6.45, 7) is 4.98. The fourth-order valence-corrected chi connectivity index (χ4v) is 4.63. The smallest absolute Gasteiger partial charge is 0.230 e. The van der Waals surface area contributed by atoms with E-state index < -0.39 is 0 Å². The zero-order valence-corrected chi connectivity index (χ0v) is 18.4. The van der Waals surface area contributed by atoms with Gasteiger partial charge >= 0.3 is 0 Å². The molecule has 4 rings (SSSR count). The van der Waals surface area contributed by atoms with Crippen molar-refractivity contribution in [1.29, 1.82) is 0 Å². The van der Waals surface area contributed by atoms with Crippen LogP contribution in [0.15, 0.2) is 42.7 Å². The Balaban J connectivity index is 0.00000289. The highest BCUT2D eigenvalue weighted by molar-refractivity contribution is 5.78. The van der Waals surface area contributed by atoms with Crippen molar-refractivity contribution < 1.29 is 9.53 Å². The molecule has 1 aromatic heterocycles. The average Bonchev–Trinajstić information content (AvgIpc) is 2.81. The molecule has 1 amide bonds. The Labute approximate surface area is 193 Å². The quantitative estimate of drug-likeness (QED) is 0.613. The van der Waals surface area contributed by atoms with E-state index in [1.54, 1.807) is 18.5 Å². The first-order valence-corrected chi connectivity index (χ1v) is 11.7. The summed E-state index contributed by atoms with van der Waals surface area (Å²) < 4.78 is 6.06. The molecule has 0 unspecified atom stereocenters. The normalized spacial score (nSPS) is 17.6. The van der Waals surface area contributed by atoms with E-state index in [1.807, 2.05) is 4.90 Å². The van der Waals surface area contributed by atoms with E-state index in [9.17, 15) is 4.79 Å². The standard InChI is InChI=1S/C25H34N4O2.CH4/c30-25(19-24-26-11-5-12-27-24)29-15-13-28(14-16-29)20-22-8-4-9-23(18-22)31-17-10-21-6-2-1-3-7-21;/h4-5,8-9,11-12,18,21H,1-3,6-7,10,13-17,19-20H2;1H4. The van der Waals surface area contributed by atoms with Crippen molar-refractivity contribution in [2.75, 3.05) is 32.8 Å². The van der Waals surface area contributed by atoms with Gasteiger partial charge in [0.25, 0.3) is 0 Å². The SMILES string of the molecule is C.O=C(Cc1ncccn1)N1CCN(Cc2cccc(OCCC3CCCCC3)c2)CC1. The molecule has 0 bridgehead atoms. The summed E-state index contributed by atoms with van der Waals surface area (Å²) in [5.41, 5.74) is 1.27. The Morgan fingerprint density at radius 2 is 1.75 bits per heavy atom. The third kappa shape index (κ3) is 7.30. The first-order valence-electron chi connectivity index (χ1n) is 11.7. The van der Waals surface area contributed by atoms with E-state index in [-0.39, 0.29) is 19.8 Å². The van der Waals surface area contributed by atoms with Crippen LogP contribution in [0.2, 0.25) is 0 Å². The second kappa shape index (κ2) is 12.5. The summed E-state index contributed by atoms with van der Waals surface area (Å²) in [6.07, 6.45) is 11.7. The van der Waals surface area contributed by atoms with Crippen molar-refractivity contribution in [3.63, 3.8) is 0 Å². The van der Waals surface area contributed by atoms with Gasteiger partial charge in [0.15, 0.2) is 0 Å². The average molecular weight is 439 g/mol. The minimum atomic E-state index is 0. The van der Waals surface area contributed by atoms with Crippen LogP contribution in [-0.4, -0.2) is 58.5 Å². The van der Waals surface area contributed by atoms with Crippen molar-refractivity contribution in [3.05, 3.63) is 54.1 Å². The van der Waals surface area contributed by atoms with E-state index >= 15 is 0 Å². The number of hydrogen-bond donors (Lipinski definition) is 0. The highest BCUT2D eigenvalue weighted by atomic mass is 16.5. The lowest BCUT2D eigenvalue weighted by Crippen LogP contribution is -2.48. The van der Waals surface area contributed by atoms with Crippen LogP contribution in [0.4, 0.5) is 0 Å². The second-order valence-corrected chi connectivity index (χ2v) is 8.79. The summed E-state index contributed by atoms with van der Waals surface area (Å²) in [5.74, 6) is 2.53. The lowest BCUT2D eigenvalue weighted by molar-refractivity contribution is -0.132. The maximum absolute atomic E-state index is 12.5. The molecule has 1 saturated carbocycles. The first kappa shape index (κ1) is 24.2. The Hall–Kier alpha value is -2.47. The maximum atomic E-state index is 12.5. The Morgan fingerprint density at radius 3 is 2.50 bits per heavy atom. The van der Waals surface area contributed by atoms with E-state index in [1.165, 1.54) is 44.1 Å². The lowest BCUT2D eigenvalue weighted by atomic mass is 9.87. The van der Waals surface area contributed by atoms with Gasteiger partial charge in [-0.3, -0.25) is 9.69 Å². The molecule has 1 aromatic carbocycles. The molecule has 6 heteroatoms. The van der Waals surface area contributed by atoms with Gasteiger partial charge in [0, 0.05) is 45.1 Å². The molecular weight excluding hydrogens is 400 g/mol. The molecule has 0 radical (unpaired) electrons. The molecule has 32 heavy (non-hydrogen) atoms. The zero-order valence-electron chi connectivity index (χ0n) is 18.4. The molecule has 2 aromatic rings. The molecule has 0 atom stereocenters. The number of amides is 1. The van der Waals surface area contributed by atoms with Crippen LogP contribution in [0, 0.1) is 5.92 Å². The topological polar surface area (TPSA) is 58.6 Å². The zero-order chi connectivity index (χ0) is 21.3. The predicted octanol–water partition coefficient (Wildman–Crippen LogP) is 4.35. The van der Waals surface area contributed by atoms with Gasteiger partial charge in [-0.25, -0.2) is 9.97 Å². The summed E-state index contributed by atoms with van der Waals surface area (Å²) in [6, 6.07) is 10.3. The van der Waals surface area contributed by atoms with Crippen LogP contribution in [0.25, 0.3) is 0 Å². The van der Waals surface area contributed by atoms with Gasteiger partial charge in [0.05, 0.1) is 13.0 Å². The number of ether oxygens (including phenoxy) is 1. The number of carbonyl (C=O) groups excluding carboxylic acids is 1. The Bertz CT molecular complexity index is 816. The number of rotatable bonds is 8. The molecule has 1 aliphatic heterocycles. The largest absolute Gasteiger partial charge is 0.494 e. The molecule has 1 aliphatic carbocycles. The maximum Gasteiger partial charge on any atom is 0.230 e. The third-order valence-electron chi connectivity index (χ3n) is 6.48. The lowest BCUT2D eigenvalue weighted by Gasteiger charge is -2.34. The number of hydrogen-bond acceptors (Lipinski definition) is 5. The minimum Gasteiger partial charge on any atom is -0.494 e. The van der Waals surface area contributed by atoms with E-state index in [2.05, 4.69) is 39.1 Å². The number of nitrogens with zero attached hydrogens (tertiary/aromatic N) is 4. The fraction of sp³-hybridized carbons (Fsp3) is 0.577. The van der Waals surface area contributed by atoms with Gasteiger partial charge in [-0.15, -0.1) is 0 Å². The van der Waals surface area contributed by atoms with Gasteiger partial charge in [0.1, 0.15) is 11.6 Å². The Morgan fingerprint density at radius 1 is 1.00 bits per heavy atom. The minimum absolute atomic E-state index is 0. The van der Waals surface area contributed by atoms with Crippen LogP contribution in [0.5, 0.6) is 5.75 Å². The molecule has 2 aliphatic rings. The molecule has 0 spiro atoms. The monoisotopic (exact) mass is 438 g/mol. The molecule has 6 nitrogen and oxygen atoms in total. The van der Waals surface area contributed by atoms with Crippen molar-refractivity contribution >= 4 is 5.91 Å². The molecule has 2 fully saturated rings. The van der Waals surface area contributed by atoms with Crippen LogP contribution < -0.4 is 4.74 Å². The first-order chi connectivity index (χ1) is 15.3. The predicted molar refractivity (Wildman–Crippen MR) is 127 cm³/mol. The summed E-state index contributed by atoms with van der Waals surface area (Å²) in [7, 11) is 0. The second-order valence-electron chi connectivity index (χ2n) is 8.79. The number of piperazine rings is 1. The highest BCUT2D eigenvalue weighted by Gasteiger charge is 2.22. The molecule has 2 heterocycles. The van der Waals surface area contributed by atoms with Crippen LogP contribution in [-0.2, 0) is 17.8 Å². The Kier molecular flexibility index (Phi) is 9.47. The molecular formula is C26H38N4O2. The van der Waals surface area contributed by atoms with E-state index in [4.69, 9.17) is 4.74 Å². The van der Waals surface area contributed by atoms with Gasteiger partial charge in [-0.2, -0.15) is 0 Å². The van der Waals surface area contributed by atoms with Gasteiger partial charge in [-0.1, -0.05) is 51.7 Å². The summed E-state index contributed by atoms with van der Waals surface area (Å²) >= 11 is 0. The number of carbonyl (C=O) groups is 1. The van der Waals surface area contributed by atoms with Crippen molar-refractivity contribution in [2.24, 2.45) is 5.92 Å². The van der Waals surface area contributed by atoms with Gasteiger partial charge in [-0.05, 0) is 36.1 Å². The van der Waals surface area contributed by atoms with Gasteiger partial charge in [0.2, 0.25) is 5.91 Å². The van der Waals surface area contributed by atoms with Crippen LogP contribution in [0.3, 0.4) is 0 Å². The highest BCUT2D eigenvalue weighted by Crippen LogP contribution is 2.26. The molecule has 174 valence electrons. The van der Waals surface area contributed by atoms with Crippen molar-refractivity contribution in [2.45, 2.75) is 58.9 Å². The van der Waals surface area contributed by atoms with Gasteiger partial charge < -0.3 is 9.64 Å². The van der Waals surface area contributed by atoms with Crippen LogP contribution in [0.1, 0.15) is 57.3 Å². The molecule has 1 saturated heterocycles. The number of aromatic nitrogens is 2. The van der Waals surface area contributed by atoms with Crippen molar-refractivity contribution in [1.82, 2.24) is 19.8 Å². The van der Waals surface area contributed by atoms with Crippen molar-refractivity contribution in [3.8, 4) is 5.75 Å².